The molecule has 0 spiro atoms. The number of nitrogens with one attached hydrogen (secondary N) is 1. The number of hydrogen-bond donors (Lipinski definition) is 1. The first-order valence-corrected chi connectivity index (χ1v) is 7.94. The molecule has 6 nitrogen and oxygen atoms in total. The number of nitrogens with zero attached hydrogens (tertiary/aromatic N) is 2. The van der Waals surface area contributed by atoms with Crippen LogP contribution in [0.2, 0.25) is 0 Å². The number of amides is 3. The monoisotopic (exact) mass is 319 g/mol. The molecule has 0 saturated carbocycles. The van der Waals surface area contributed by atoms with Gasteiger partial charge in [0.05, 0.1) is 0 Å². The van der Waals surface area contributed by atoms with Crippen molar-refractivity contribution in [2.45, 2.75) is 32.7 Å². The first kappa shape index (κ1) is 17.1. The standard InChI is InChI=1S/C17H25N3O3/c1-17(2,3)18-15(21)19-10-7-11-20(13-12-19)16(22)23-14-8-5-4-6-9-14/h4-6,8-9H,7,10-13H2,1-3H3,(H,18,21). The van der Waals surface area contributed by atoms with E-state index in [4.69, 9.17) is 4.74 Å². The largest absolute Gasteiger partial charge is 0.415 e. The van der Waals surface area contributed by atoms with E-state index in [2.05, 4.69) is 5.32 Å². The van der Waals surface area contributed by atoms with E-state index in [0.717, 1.165) is 6.42 Å². The van der Waals surface area contributed by atoms with Crippen molar-refractivity contribution >= 4 is 12.1 Å². The van der Waals surface area contributed by atoms with E-state index in [9.17, 15) is 9.59 Å². The Morgan fingerprint density at radius 2 is 1.61 bits per heavy atom. The Kier molecular flexibility index (Phi) is 5.47. The van der Waals surface area contributed by atoms with Crippen molar-refractivity contribution in [1.82, 2.24) is 15.1 Å². The molecule has 1 N–H and O–H groups in total. The van der Waals surface area contributed by atoms with Crippen molar-refractivity contribution in [3.05, 3.63) is 30.3 Å². The normalized spacial score (nSPS) is 15.8. The molecular weight excluding hydrogens is 294 g/mol. The van der Waals surface area contributed by atoms with E-state index in [-0.39, 0.29) is 17.7 Å². The van der Waals surface area contributed by atoms with Crippen molar-refractivity contribution in [2.75, 3.05) is 26.2 Å². The van der Waals surface area contributed by atoms with E-state index in [0.29, 0.717) is 31.9 Å². The predicted octanol–water partition coefficient (Wildman–Crippen LogP) is 2.70. The van der Waals surface area contributed by atoms with Crippen LogP contribution < -0.4 is 10.1 Å². The van der Waals surface area contributed by atoms with Crippen molar-refractivity contribution in [1.29, 1.82) is 0 Å². The molecule has 1 saturated heterocycles. The second kappa shape index (κ2) is 7.35. The van der Waals surface area contributed by atoms with Crippen LogP contribution in [-0.2, 0) is 0 Å². The van der Waals surface area contributed by atoms with Gasteiger partial charge in [-0.25, -0.2) is 9.59 Å². The smallest absolute Gasteiger partial charge is 0.410 e. The van der Waals surface area contributed by atoms with Crippen LogP contribution in [0.15, 0.2) is 30.3 Å². The van der Waals surface area contributed by atoms with Gasteiger partial charge in [-0.15, -0.1) is 0 Å². The predicted molar refractivity (Wildman–Crippen MR) is 88.5 cm³/mol. The molecule has 23 heavy (non-hydrogen) atoms. The van der Waals surface area contributed by atoms with Crippen LogP contribution >= 0.6 is 0 Å². The zero-order chi connectivity index (χ0) is 16.9. The fourth-order valence-corrected chi connectivity index (χ4v) is 2.36. The fourth-order valence-electron chi connectivity index (χ4n) is 2.36. The highest BCUT2D eigenvalue weighted by Crippen LogP contribution is 2.12. The number of carbonyl (C=O) groups excluding carboxylic acids is 2. The molecule has 0 atom stereocenters. The molecule has 0 radical (unpaired) electrons. The maximum atomic E-state index is 12.2. The Labute approximate surface area is 137 Å². The zero-order valence-corrected chi connectivity index (χ0v) is 14.0. The van der Waals surface area contributed by atoms with Crippen LogP contribution in [0.4, 0.5) is 9.59 Å². The minimum atomic E-state index is -0.366. The van der Waals surface area contributed by atoms with Crippen molar-refractivity contribution < 1.29 is 14.3 Å². The molecule has 1 heterocycles. The van der Waals surface area contributed by atoms with Crippen LogP contribution in [0, 0.1) is 0 Å². The fraction of sp³-hybridized carbons (Fsp3) is 0.529. The topological polar surface area (TPSA) is 61.9 Å². The van der Waals surface area contributed by atoms with Crippen LogP contribution in [-0.4, -0.2) is 53.6 Å². The summed E-state index contributed by atoms with van der Waals surface area (Å²) in [6.07, 6.45) is 0.371. The summed E-state index contributed by atoms with van der Waals surface area (Å²) < 4.78 is 5.35. The number of hydrogen-bond acceptors (Lipinski definition) is 3. The zero-order valence-electron chi connectivity index (χ0n) is 14.0. The highest BCUT2D eigenvalue weighted by Gasteiger charge is 2.25. The molecule has 6 heteroatoms. The lowest BCUT2D eigenvalue weighted by Gasteiger charge is -2.27. The average Bonchev–Trinajstić information content (AvgIpc) is 2.72. The highest BCUT2D eigenvalue weighted by molar-refractivity contribution is 5.75. The van der Waals surface area contributed by atoms with E-state index in [1.807, 2.05) is 39.0 Å². The molecule has 0 aliphatic carbocycles. The Hall–Kier alpha value is -2.24. The molecule has 1 aromatic rings. The lowest BCUT2D eigenvalue weighted by atomic mass is 10.1. The van der Waals surface area contributed by atoms with Crippen LogP contribution in [0.25, 0.3) is 0 Å². The molecule has 0 aromatic heterocycles. The van der Waals surface area contributed by atoms with Gasteiger partial charge in [-0.3, -0.25) is 0 Å². The SMILES string of the molecule is CC(C)(C)NC(=O)N1CCCN(C(=O)Oc2ccccc2)CC1. The Bertz CT molecular complexity index is 540. The third kappa shape index (κ3) is 5.47. The van der Waals surface area contributed by atoms with Gasteiger partial charge >= 0.3 is 12.1 Å². The van der Waals surface area contributed by atoms with Gasteiger partial charge < -0.3 is 19.9 Å². The third-order valence-corrected chi connectivity index (χ3v) is 3.47. The van der Waals surface area contributed by atoms with E-state index < -0.39 is 0 Å². The highest BCUT2D eigenvalue weighted by atomic mass is 16.6. The van der Waals surface area contributed by atoms with Crippen LogP contribution in [0.1, 0.15) is 27.2 Å². The maximum absolute atomic E-state index is 12.2. The number of ether oxygens (including phenoxy) is 1. The Morgan fingerprint density at radius 3 is 2.26 bits per heavy atom. The van der Waals surface area contributed by atoms with Gasteiger partial charge in [-0.05, 0) is 39.3 Å². The lowest BCUT2D eigenvalue weighted by molar-refractivity contribution is 0.152. The number of rotatable bonds is 1. The molecule has 1 aliphatic heterocycles. The number of para-hydroxylation sites is 1. The molecular formula is C17H25N3O3. The molecule has 1 aromatic carbocycles. The van der Waals surface area contributed by atoms with Gasteiger partial charge in [0.1, 0.15) is 5.75 Å². The second-order valence-electron chi connectivity index (χ2n) is 6.69. The molecule has 0 unspecified atom stereocenters. The van der Waals surface area contributed by atoms with E-state index in [1.54, 1.807) is 21.9 Å². The summed E-state index contributed by atoms with van der Waals surface area (Å²) in [5, 5.41) is 2.95. The minimum Gasteiger partial charge on any atom is -0.410 e. The second-order valence-corrected chi connectivity index (χ2v) is 6.69. The van der Waals surface area contributed by atoms with E-state index >= 15 is 0 Å². The Balaban J connectivity index is 1.88. The summed E-state index contributed by atoms with van der Waals surface area (Å²) in [5.74, 6) is 0.532. The van der Waals surface area contributed by atoms with Crippen molar-refractivity contribution in [2.24, 2.45) is 0 Å². The first-order valence-electron chi connectivity index (χ1n) is 7.94. The van der Waals surface area contributed by atoms with Crippen LogP contribution in [0.3, 0.4) is 0 Å². The van der Waals surface area contributed by atoms with Gasteiger partial charge in [-0.2, -0.15) is 0 Å². The summed E-state index contributed by atoms with van der Waals surface area (Å²) in [6, 6.07) is 8.93. The molecule has 126 valence electrons. The molecule has 1 aliphatic rings. The minimum absolute atomic E-state index is 0.0872. The lowest BCUT2D eigenvalue weighted by Crippen LogP contribution is -2.49. The van der Waals surface area contributed by atoms with Crippen LogP contribution in [0.5, 0.6) is 5.75 Å². The van der Waals surface area contributed by atoms with Crippen molar-refractivity contribution in [3.63, 3.8) is 0 Å². The third-order valence-electron chi connectivity index (χ3n) is 3.47. The molecule has 0 bridgehead atoms. The molecule has 3 amide bonds. The summed E-state index contributed by atoms with van der Waals surface area (Å²) in [7, 11) is 0. The summed E-state index contributed by atoms with van der Waals surface area (Å²) in [5.41, 5.74) is -0.269. The first-order chi connectivity index (χ1) is 10.8. The van der Waals surface area contributed by atoms with Crippen molar-refractivity contribution in [3.8, 4) is 5.75 Å². The number of carbonyl (C=O) groups is 2. The van der Waals surface area contributed by atoms with Gasteiger partial charge in [0.15, 0.2) is 0 Å². The quantitative estimate of drug-likeness (QED) is 0.866. The van der Waals surface area contributed by atoms with E-state index in [1.165, 1.54) is 0 Å². The molecule has 2 rings (SSSR count). The average molecular weight is 319 g/mol. The summed E-state index contributed by atoms with van der Waals surface area (Å²) >= 11 is 0. The summed E-state index contributed by atoms with van der Waals surface area (Å²) in [6.45, 7) is 8.06. The van der Waals surface area contributed by atoms with Gasteiger partial charge in [0.25, 0.3) is 0 Å². The Morgan fingerprint density at radius 1 is 1.00 bits per heavy atom. The van der Waals surface area contributed by atoms with Gasteiger partial charge in [0, 0.05) is 31.7 Å². The maximum Gasteiger partial charge on any atom is 0.415 e. The number of urea groups is 1. The summed E-state index contributed by atoms with van der Waals surface area (Å²) in [4.78, 5) is 27.8. The van der Waals surface area contributed by atoms with Gasteiger partial charge in [0.2, 0.25) is 0 Å². The number of benzene rings is 1. The van der Waals surface area contributed by atoms with Gasteiger partial charge in [-0.1, -0.05) is 18.2 Å². The molecule has 1 fully saturated rings.